The van der Waals surface area contributed by atoms with E-state index in [0.717, 1.165) is 5.56 Å². The molecule has 0 aliphatic heterocycles. The molecule has 0 fully saturated rings. The van der Waals surface area contributed by atoms with Gasteiger partial charge in [0.15, 0.2) is 12.1 Å². The minimum atomic E-state index is 0.214. The Morgan fingerprint density at radius 3 is 2.57 bits per heavy atom. The maximum atomic E-state index is 10.5. The van der Waals surface area contributed by atoms with Crippen LogP contribution < -0.4 is 0 Å². The Hall–Kier alpha value is -1.97. The van der Waals surface area contributed by atoms with E-state index in [1.165, 1.54) is 0 Å². The van der Waals surface area contributed by atoms with Crippen LogP contribution in [0.2, 0.25) is 0 Å². The van der Waals surface area contributed by atoms with Crippen molar-refractivity contribution in [1.29, 1.82) is 0 Å². The summed E-state index contributed by atoms with van der Waals surface area (Å²) in [5.41, 5.74) is 0.954. The second kappa shape index (κ2) is 3.41. The Kier molecular flexibility index (Phi) is 2.10. The van der Waals surface area contributed by atoms with Crippen molar-refractivity contribution in [3.05, 3.63) is 36.2 Å². The highest BCUT2D eigenvalue weighted by molar-refractivity contribution is 5.70. The van der Waals surface area contributed by atoms with Gasteiger partial charge in [-0.25, -0.2) is 9.67 Å². The smallest absolute Gasteiger partial charge is 0.214 e. The van der Waals surface area contributed by atoms with Gasteiger partial charge in [-0.2, -0.15) is 0 Å². The average Bonchev–Trinajstić information content (AvgIpc) is 2.61. The first kappa shape index (κ1) is 8.62. The minimum Gasteiger partial charge on any atom is -0.294 e. The summed E-state index contributed by atoms with van der Waals surface area (Å²) in [6, 6.07) is 9.63. The third-order valence-electron chi connectivity index (χ3n) is 1.92. The van der Waals surface area contributed by atoms with E-state index in [1.54, 1.807) is 11.7 Å². The highest BCUT2D eigenvalue weighted by Gasteiger charge is 2.07. The second-order valence-electron chi connectivity index (χ2n) is 2.90. The number of benzene rings is 1. The topological polar surface area (TPSA) is 47.8 Å². The van der Waals surface area contributed by atoms with Gasteiger partial charge in [0.1, 0.15) is 0 Å². The molecule has 0 aliphatic carbocycles. The lowest BCUT2D eigenvalue weighted by Gasteiger charge is -1.97. The van der Waals surface area contributed by atoms with Crippen LogP contribution in [0.25, 0.3) is 11.4 Å². The average molecular weight is 187 g/mol. The third kappa shape index (κ3) is 1.42. The van der Waals surface area contributed by atoms with Gasteiger partial charge in [-0.05, 0) is 0 Å². The van der Waals surface area contributed by atoms with E-state index in [-0.39, 0.29) is 5.82 Å². The summed E-state index contributed by atoms with van der Waals surface area (Å²) in [7, 11) is 1.77. The van der Waals surface area contributed by atoms with Crippen molar-refractivity contribution in [2.75, 3.05) is 0 Å². The number of aryl methyl sites for hydroxylation is 1. The predicted molar refractivity (Wildman–Crippen MR) is 51.8 cm³/mol. The van der Waals surface area contributed by atoms with Crippen LogP contribution in [0.4, 0.5) is 0 Å². The van der Waals surface area contributed by atoms with E-state index in [4.69, 9.17) is 0 Å². The maximum absolute atomic E-state index is 10.5. The van der Waals surface area contributed by atoms with Gasteiger partial charge < -0.3 is 0 Å². The quantitative estimate of drug-likeness (QED) is 0.665. The molecule has 1 aromatic carbocycles. The van der Waals surface area contributed by atoms with Gasteiger partial charge in [0.2, 0.25) is 5.82 Å². The summed E-state index contributed by atoms with van der Waals surface area (Å²) in [6.07, 6.45) is 0.645. The van der Waals surface area contributed by atoms with E-state index in [2.05, 4.69) is 10.1 Å². The molecule has 0 bridgehead atoms. The molecule has 0 aliphatic rings. The van der Waals surface area contributed by atoms with Crippen LogP contribution in [0.3, 0.4) is 0 Å². The third-order valence-corrected chi connectivity index (χ3v) is 1.92. The highest BCUT2D eigenvalue weighted by Crippen LogP contribution is 2.14. The van der Waals surface area contributed by atoms with Crippen LogP contribution in [-0.4, -0.2) is 21.1 Å². The first-order chi connectivity index (χ1) is 6.81. The molecule has 0 N–H and O–H groups in total. The van der Waals surface area contributed by atoms with Crippen LogP contribution in [-0.2, 0) is 7.05 Å². The molecule has 0 spiro atoms. The Morgan fingerprint density at radius 2 is 2.00 bits per heavy atom. The zero-order chi connectivity index (χ0) is 9.97. The van der Waals surface area contributed by atoms with Crippen LogP contribution in [0.1, 0.15) is 10.6 Å². The number of hydrogen-bond donors (Lipinski definition) is 0. The Bertz CT molecular complexity index is 448. The molecule has 0 saturated heterocycles. The van der Waals surface area contributed by atoms with Crippen LogP contribution in [0.15, 0.2) is 30.3 Å². The van der Waals surface area contributed by atoms with Crippen molar-refractivity contribution in [2.45, 2.75) is 0 Å². The molecule has 14 heavy (non-hydrogen) atoms. The van der Waals surface area contributed by atoms with Crippen LogP contribution >= 0.6 is 0 Å². The molecule has 2 rings (SSSR count). The fourth-order valence-corrected chi connectivity index (χ4v) is 1.29. The van der Waals surface area contributed by atoms with Gasteiger partial charge in [-0.15, -0.1) is 5.10 Å². The lowest BCUT2D eigenvalue weighted by atomic mass is 10.2. The number of aromatic nitrogens is 3. The maximum Gasteiger partial charge on any atom is 0.214 e. The predicted octanol–water partition coefficient (Wildman–Crippen LogP) is 1.29. The Balaban J connectivity index is 2.51. The molecule has 1 aromatic heterocycles. The van der Waals surface area contributed by atoms with E-state index >= 15 is 0 Å². The summed E-state index contributed by atoms with van der Waals surface area (Å²) < 4.78 is 1.60. The summed E-state index contributed by atoms with van der Waals surface area (Å²) in [5.74, 6) is 0.916. The van der Waals surface area contributed by atoms with Gasteiger partial charge >= 0.3 is 0 Å². The SMILES string of the molecule is Cn1nc(C=O)nc1-c1ccccc1. The van der Waals surface area contributed by atoms with Gasteiger partial charge in [-0.3, -0.25) is 4.79 Å². The molecule has 0 radical (unpaired) electrons. The van der Waals surface area contributed by atoms with E-state index in [1.807, 2.05) is 30.3 Å². The molecule has 4 nitrogen and oxygen atoms in total. The summed E-state index contributed by atoms with van der Waals surface area (Å²) >= 11 is 0. The molecule has 4 heteroatoms. The number of aldehydes is 1. The minimum absolute atomic E-state index is 0.214. The molecule has 70 valence electrons. The standard InChI is InChI=1S/C10H9N3O/c1-13-10(11-9(7-14)12-13)8-5-3-2-4-6-8/h2-7H,1H3. The largest absolute Gasteiger partial charge is 0.294 e. The number of nitrogens with zero attached hydrogens (tertiary/aromatic N) is 3. The zero-order valence-electron chi connectivity index (χ0n) is 7.71. The van der Waals surface area contributed by atoms with Gasteiger partial charge in [0.05, 0.1) is 0 Å². The number of carbonyl (C=O) groups excluding carboxylic acids is 1. The molecule has 0 amide bonds. The normalized spacial score (nSPS) is 10.1. The van der Waals surface area contributed by atoms with Crippen molar-refractivity contribution in [1.82, 2.24) is 14.8 Å². The van der Waals surface area contributed by atoms with Gasteiger partial charge in [0, 0.05) is 12.6 Å². The van der Waals surface area contributed by atoms with Crippen molar-refractivity contribution in [3.63, 3.8) is 0 Å². The zero-order valence-corrected chi connectivity index (χ0v) is 7.71. The summed E-state index contributed by atoms with van der Waals surface area (Å²) in [5, 5.41) is 3.94. The van der Waals surface area contributed by atoms with E-state index in [0.29, 0.717) is 12.1 Å². The number of carbonyl (C=O) groups is 1. The fraction of sp³-hybridized carbons (Fsp3) is 0.100. The van der Waals surface area contributed by atoms with Crippen LogP contribution in [0.5, 0.6) is 0 Å². The van der Waals surface area contributed by atoms with Crippen molar-refractivity contribution in [3.8, 4) is 11.4 Å². The fourth-order valence-electron chi connectivity index (χ4n) is 1.29. The highest BCUT2D eigenvalue weighted by atomic mass is 16.1. The Morgan fingerprint density at radius 1 is 1.29 bits per heavy atom. The second-order valence-corrected chi connectivity index (χ2v) is 2.90. The molecule has 0 atom stereocenters. The number of rotatable bonds is 2. The Labute approximate surface area is 81.2 Å². The van der Waals surface area contributed by atoms with E-state index < -0.39 is 0 Å². The molecular weight excluding hydrogens is 178 g/mol. The van der Waals surface area contributed by atoms with E-state index in [9.17, 15) is 4.79 Å². The molecule has 1 heterocycles. The molecule has 0 unspecified atom stereocenters. The monoisotopic (exact) mass is 187 g/mol. The molecular formula is C10H9N3O. The van der Waals surface area contributed by atoms with Gasteiger partial charge in [0.25, 0.3) is 0 Å². The summed E-state index contributed by atoms with van der Waals surface area (Å²) in [6.45, 7) is 0. The first-order valence-electron chi connectivity index (χ1n) is 4.23. The molecule has 2 aromatic rings. The lowest BCUT2D eigenvalue weighted by molar-refractivity contribution is 0.111. The van der Waals surface area contributed by atoms with Crippen molar-refractivity contribution < 1.29 is 4.79 Å². The first-order valence-corrected chi connectivity index (χ1v) is 4.23. The lowest BCUT2D eigenvalue weighted by Crippen LogP contribution is -1.94. The van der Waals surface area contributed by atoms with Crippen LogP contribution in [0, 0.1) is 0 Å². The van der Waals surface area contributed by atoms with Gasteiger partial charge in [-0.1, -0.05) is 30.3 Å². The molecule has 0 saturated carbocycles. The summed E-state index contributed by atoms with van der Waals surface area (Å²) in [4.78, 5) is 14.5. The van der Waals surface area contributed by atoms with Crippen molar-refractivity contribution in [2.24, 2.45) is 7.05 Å². The number of hydrogen-bond acceptors (Lipinski definition) is 3. The van der Waals surface area contributed by atoms with Crippen molar-refractivity contribution >= 4 is 6.29 Å².